The van der Waals surface area contributed by atoms with Crippen LogP contribution in [-0.4, -0.2) is 70.9 Å². The van der Waals surface area contributed by atoms with E-state index in [0.717, 1.165) is 15.8 Å². The van der Waals surface area contributed by atoms with E-state index in [-0.39, 0.29) is 41.3 Å². The highest BCUT2D eigenvalue weighted by molar-refractivity contribution is 6.34. The SMILES string of the molecule is CN(C)CCNC(=O)C1CCc2c(C3=CCC(C(=O)O)CC3)nn(C(=O)c3c(Cl)cccc3C3(C(F)(F)F)CC3)c2C1. The minimum Gasteiger partial charge on any atom is -0.481 e. The van der Waals surface area contributed by atoms with E-state index in [2.05, 4.69) is 10.4 Å². The van der Waals surface area contributed by atoms with E-state index in [4.69, 9.17) is 11.6 Å². The lowest BCUT2D eigenvalue weighted by Gasteiger charge is -2.25. The van der Waals surface area contributed by atoms with Crippen molar-refractivity contribution in [3.05, 3.63) is 57.4 Å². The van der Waals surface area contributed by atoms with E-state index in [1.54, 1.807) is 0 Å². The molecule has 2 aromatic rings. The number of amides is 1. The number of likely N-dealkylation sites (N-methyl/N-ethyl adjacent to an activating group) is 1. The number of benzene rings is 1. The molecular formula is C30H34ClF3N4O4. The zero-order valence-corrected chi connectivity index (χ0v) is 24.3. The van der Waals surface area contributed by atoms with Gasteiger partial charge in [0.1, 0.15) is 0 Å². The molecule has 0 saturated heterocycles. The molecule has 0 aliphatic heterocycles. The molecule has 42 heavy (non-hydrogen) atoms. The molecule has 1 aromatic carbocycles. The van der Waals surface area contributed by atoms with Gasteiger partial charge in [0.15, 0.2) is 0 Å². The summed E-state index contributed by atoms with van der Waals surface area (Å²) in [5, 5.41) is 16.9. The molecule has 226 valence electrons. The second-order valence-corrected chi connectivity index (χ2v) is 12.2. The first-order valence-corrected chi connectivity index (χ1v) is 14.6. The predicted molar refractivity (Wildman–Crippen MR) is 150 cm³/mol. The molecule has 1 aromatic heterocycles. The number of hydrogen-bond acceptors (Lipinski definition) is 5. The average molecular weight is 607 g/mol. The number of rotatable bonds is 8. The largest absolute Gasteiger partial charge is 0.481 e. The molecule has 2 unspecified atom stereocenters. The quantitative estimate of drug-likeness (QED) is 0.444. The third-order valence-corrected chi connectivity index (χ3v) is 9.11. The summed E-state index contributed by atoms with van der Waals surface area (Å²) < 4.78 is 43.7. The minimum absolute atomic E-state index is 0.0891. The number of carboxylic acid groups (broad SMARTS) is 1. The van der Waals surface area contributed by atoms with Crippen LogP contribution < -0.4 is 5.32 Å². The van der Waals surface area contributed by atoms with Crippen molar-refractivity contribution in [2.24, 2.45) is 11.8 Å². The smallest absolute Gasteiger partial charge is 0.398 e. The lowest BCUT2D eigenvalue weighted by atomic mass is 9.82. The number of hydrogen-bond donors (Lipinski definition) is 2. The molecule has 2 N–H and O–H groups in total. The van der Waals surface area contributed by atoms with Gasteiger partial charge in [-0.25, -0.2) is 0 Å². The standard InChI is InChI=1S/C30H34ClF3N4O4/c1-37(2)15-14-35-26(39)19-10-11-20-23(16-19)38(36-25(20)17-6-8-18(9-7-17)28(41)42)27(40)24-21(4-3-5-22(24)31)29(12-13-29)30(32,33)34/h3-6,18-19H,7-16H2,1-2H3,(H,35,39)(H,41,42). The van der Waals surface area contributed by atoms with E-state index in [1.165, 1.54) is 18.2 Å². The lowest BCUT2D eigenvalue weighted by Crippen LogP contribution is -2.38. The Morgan fingerprint density at radius 3 is 2.48 bits per heavy atom. The summed E-state index contributed by atoms with van der Waals surface area (Å²) in [5.41, 5.74) is 0.0761. The number of halogens is 4. The van der Waals surface area contributed by atoms with Gasteiger partial charge in [-0.3, -0.25) is 14.4 Å². The maximum Gasteiger partial charge on any atom is 0.398 e. The van der Waals surface area contributed by atoms with Crippen molar-refractivity contribution in [1.82, 2.24) is 20.0 Å². The van der Waals surface area contributed by atoms with E-state index in [0.29, 0.717) is 56.6 Å². The molecule has 3 aliphatic rings. The summed E-state index contributed by atoms with van der Waals surface area (Å²) in [4.78, 5) is 40.6. The fraction of sp³-hybridized carbons (Fsp3) is 0.533. The fourth-order valence-corrected chi connectivity index (χ4v) is 6.41. The summed E-state index contributed by atoms with van der Waals surface area (Å²) in [5.74, 6) is -2.74. The van der Waals surface area contributed by atoms with Gasteiger partial charge >= 0.3 is 12.1 Å². The number of carbonyl (C=O) groups is 3. The Morgan fingerprint density at radius 1 is 1.17 bits per heavy atom. The second-order valence-electron chi connectivity index (χ2n) is 11.8. The summed E-state index contributed by atoms with van der Waals surface area (Å²) >= 11 is 6.44. The maximum absolute atomic E-state index is 14.2. The fourth-order valence-electron chi connectivity index (χ4n) is 6.16. The van der Waals surface area contributed by atoms with Crippen molar-refractivity contribution in [2.45, 2.75) is 63.0 Å². The normalized spacial score (nSPS) is 21.5. The highest BCUT2D eigenvalue weighted by atomic mass is 35.5. The third kappa shape index (κ3) is 5.60. The number of fused-ring (bicyclic) bond motifs is 1. The Balaban J connectivity index is 1.55. The number of nitrogens with zero attached hydrogens (tertiary/aromatic N) is 3. The van der Waals surface area contributed by atoms with Gasteiger partial charge in [-0.15, -0.1) is 0 Å². The molecule has 1 amide bonds. The van der Waals surface area contributed by atoms with Gasteiger partial charge in [0.2, 0.25) is 5.91 Å². The van der Waals surface area contributed by atoms with Crippen LogP contribution in [0.3, 0.4) is 0 Å². The molecule has 0 radical (unpaired) electrons. The average Bonchev–Trinajstić information content (AvgIpc) is 3.68. The summed E-state index contributed by atoms with van der Waals surface area (Å²) in [6.07, 6.45) is -0.656. The molecule has 3 aliphatic carbocycles. The van der Waals surface area contributed by atoms with Gasteiger partial charge in [-0.05, 0) is 76.2 Å². The van der Waals surface area contributed by atoms with E-state index in [1.807, 2.05) is 25.1 Å². The molecule has 1 heterocycles. The number of carboxylic acids is 1. The Labute approximate surface area is 246 Å². The zero-order valence-electron chi connectivity index (χ0n) is 23.6. The number of allylic oxidation sites excluding steroid dienone is 2. The number of aromatic nitrogens is 2. The Bertz CT molecular complexity index is 1440. The van der Waals surface area contributed by atoms with Gasteiger partial charge in [-0.1, -0.05) is 29.8 Å². The topological polar surface area (TPSA) is 105 Å². The van der Waals surface area contributed by atoms with Gasteiger partial charge < -0.3 is 15.3 Å². The first-order valence-electron chi connectivity index (χ1n) is 14.2. The van der Waals surface area contributed by atoms with Crippen LogP contribution in [0, 0.1) is 11.8 Å². The van der Waals surface area contributed by atoms with Crippen LogP contribution in [0.1, 0.15) is 71.4 Å². The number of nitrogens with one attached hydrogen (secondary N) is 1. The zero-order chi connectivity index (χ0) is 30.4. The van der Waals surface area contributed by atoms with Crippen LogP contribution in [0.5, 0.6) is 0 Å². The van der Waals surface area contributed by atoms with Crippen LogP contribution in [0.25, 0.3) is 5.57 Å². The van der Waals surface area contributed by atoms with Crippen molar-refractivity contribution >= 4 is 35.0 Å². The molecule has 1 saturated carbocycles. The van der Waals surface area contributed by atoms with Crippen molar-refractivity contribution < 1.29 is 32.7 Å². The van der Waals surface area contributed by atoms with Crippen LogP contribution in [-0.2, 0) is 27.8 Å². The third-order valence-electron chi connectivity index (χ3n) is 8.79. The summed E-state index contributed by atoms with van der Waals surface area (Å²) in [6, 6.07) is 4.13. The molecule has 2 atom stereocenters. The van der Waals surface area contributed by atoms with Gasteiger partial charge in [-0.2, -0.15) is 23.0 Å². The predicted octanol–water partition coefficient (Wildman–Crippen LogP) is 4.87. The van der Waals surface area contributed by atoms with Crippen molar-refractivity contribution in [2.75, 3.05) is 27.2 Å². The van der Waals surface area contributed by atoms with Gasteiger partial charge in [0.25, 0.3) is 5.91 Å². The molecule has 12 heteroatoms. The summed E-state index contributed by atoms with van der Waals surface area (Å²) in [7, 11) is 3.80. The molecule has 0 bridgehead atoms. The van der Waals surface area contributed by atoms with Crippen molar-refractivity contribution in [3.8, 4) is 0 Å². The van der Waals surface area contributed by atoms with Gasteiger partial charge in [0.05, 0.1) is 33.3 Å². The Hall–Kier alpha value is -3.18. The molecular weight excluding hydrogens is 573 g/mol. The molecule has 5 rings (SSSR count). The number of carbonyl (C=O) groups excluding carboxylic acids is 2. The monoisotopic (exact) mass is 606 g/mol. The molecule has 8 nitrogen and oxygen atoms in total. The first-order chi connectivity index (χ1) is 19.8. The number of aliphatic carboxylic acids is 1. The Kier molecular flexibility index (Phi) is 8.28. The van der Waals surface area contributed by atoms with Crippen LogP contribution in [0.4, 0.5) is 13.2 Å². The van der Waals surface area contributed by atoms with Crippen LogP contribution in [0.15, 0.2) is 24.3 Å². The first kappa shape index (κ1) is 30.3. The van der Waals surface area contributed by atoms with Gasteiger partial charge in [0, 0.05) is 31.0 Å². The molecule has 0 spiro atoms. The summed E-state index contributed by atoms with van der Waals surface area (Å²) in [6.45, 7) is 1.12. The van der Waals surface area contributed by atoms with Crippen LogP contribution >= 0.6 is 11.6 Å². The minimum atomic E-state index is -4.55. The highest BCUT2D eigenvalue weighted by Crippen LogP contribution is 2.60. The van der Waals surface area contributed by atoms with Crippen molar-refractivity contribution in [3.63, 3.8) is 0 Å². The number of alkyl halides is 3. The van der Waals surface area contributed by atoms with Crippen LogP contribution in [0.2, 0.25) is 5.02 Å². The molecule has 1 fully saturated rings. The van der Waals surface area contributed by atoms with E-state index < -0.39 is 35.3 Å². The highest BCUT2D eigenvalue weighted by Gasteiger charge is 2.65. The van der Waals surface area contributed by atoms with Crippen molar-refractivity contribution in [1.29, 1.82) is 0 Å². The maximum atomic E-state index is 14.2. The second kappa shape index (κ2) is 11.5. The Morgan fingerprint density at radius 2 is 1.88 bits per heavy atom. The lowest BCUT2D eigenvalue weighted by molar-refractivity contribution is -0.160. The van der Waals surface area contributed by atoms with E-state index >= 15 is 0 Å². The van der Waals surface area contributed by atoms with E-state index in [9.17, 15) is 32.7 Å².